The van der Waals surface area contributed by atoms with Gasteiger partial charge in [-0.2, -0.15) is 0 Å². The number of benzene rings is 1. The molecule has 2 heteroatoms. The smallest absolute Gasteiger partial charge is 0.187 e. The van der Waals surface area contributed by atoms with E-state index >= 15 is 0 Å². The van der Waals surface area contributed by atoms with Crippen LogP contribution in [0.5, 0.6) is 0 Å². The summed E-state index contributed by atoms with van der Waals surface area (Å²) in [6.45, 7) is 4.67. The Labute approximate surface area is 93.6 Å². The molecule has 0 aromatic heterocycles. The van der Waals surface area contributed by atoms with Gasteiger partial charge in [0.1, 0.15) is 0 Å². The third-order valence-corrected chi connectivity index (χ3v) is 5.63. The third-order valence-electron chi connectivity index (χ3n) is 3.10. The van der Waals surface area contributed by atoms with Crippen molar-refractivity contribution in [3.63, 3.8) is 0 Å². The Morgan fingerprint density at radius 1 is 1.27 bits per heavy atom. The maximum absolute atomic E-state index is 6.22. The highest BCUT2D eigenvalue weighted by atomic mass is 28.4. The van der Waals surface area contributed by atoms with Gasteiger partial charge in [-0.15, -0.1) is 0 Å². The van der Waals surface area contributed by atoms with Gasteiger partial charge >= 0.3 is 0 Å². The summed E-state index contributed by atoms with van der Waals surface area (Å²) in [7, 11) is -1.31. The molecule has 1 aromatic carbocycles. The number of rotatable bonds is 2. The second-order valence-electron chi connectivity index (χ2n) is 5.08. The van der Waals surface area contributed by atoms with Crippen LogP contribution in [0.1, 0.15) is 18.4 Å². The topological polar surface area (TPSA) is 9.23 Å². The van der Waals surface area contributed by atoms with Gasteiger partial charge in [0.05, 0.1) is 0 Å². The molecule has 1 aliphatic heterocycles. The van der Waals surface area contributed by atoms with E-state index in [2.05, 4.69) is 43.4 Å². The molecule has 1 unspecified atom stereocenters. The molecule has 1 fully saturated rings. The van der Waals surface area contributed by atoms with E-state index in [-0.39, 0.29) is 0 Å². The van der Waals surface area contributed by atoms with Gasteiger partial charge in [0, 0.05) is 6.10 Å². The highest BCUT2D eigenvalue weighted by Crippen LogP contribution is 2.27. The first-order valence-corrected chi connectivity index (χ1v) is 8.99. The fraction of sp³-hybridized carbons (Fsp3) is 0.538. The highest BCUT2D eigenvalue weighted by Gasteiger charge is 2.30. The fourth-order valence-corrected chi connectivity index (χ4v) is 4.62. The van der Waals surface area contributed by atoms with Gasteiger partial charge in [-0.3, -0.25) is 0 Å². The molecule has 0 radical (unpaired) electrons. The van der Waals surface area contributed by atoms with Gasteiger partial charge in [-0.05, 0) is 37.5 Å². The van der Waals surface area contributed by atoms with Crippen LogP contribution in [0.25, 0.3) is 0 Å². The molecule has 0 spiro atoms. The predicted octanol–water partition coefficient (Wildman–Crippen LogP) is 3.61. The maximum Gasteiger partial charge on any atom is 0.187 e. The first-order chi connectivity index (χ1) is 7.16. The van der Waals surface area contributed by atoms with Gasteiger partial charge in [0.2, 0.25) is 0 Å². The van der Waals surface area contributed by atoms with E-state index in [1.165, 1.54) is 24.4 Å². The van der Waals surface area contributed by atoms with Crippen LogP contribution in [0, 0.1) is 0 Å². The highest BCUT2D eigenvalue weighted by molar-refractivity contribution is 6.71. The minimum absolute atomic E-state index is 0.475. The zero-order valence-corrected chi connectivity index (χ0v) is 10.7. The molecule has 1 aliphatic rings. The van der Waals surface area contributed by atoms with Crippen LogP contribution in [0.15, 0.2) is 30.3 Å². The minimum Gasteiger partial charge on any atom is -0.414 e. The average molecular weight is 220 g/mol. The van der Waals surface area contributed by atoms with Crippen molar-refractivity contribution in [2.24, 2.45) is 0 Å². The Balaban J connectivity index is 1.95. The van der Waals surface area contributed by atoms with Crippen molar-refractivity contribution < 1.29 is 4.43 Å². The summed E-state index contributed by atoms with van der Waals surface area (Å²) >= 11 is 0. The number of hydrogen-bond acceptors (Lipinski definition) is 1. The predicted molar refractivity (Wildman–Crippen MR) is 66.5 cm³/mol. The molecular weight excluding hydrogens is 200 g/mol. The van der Waals surface area contributed by atoms with Crippen LogP contribution in [0.3, 0.4) is 0 Å². The van der Waals surface area contributed by atoms with Gasteiger partial charge < -0.3 is 4.43 Å². The van der Waals surface area contributed by atoms with E-state index in [1.54, 1.807) is 0 Å². The van der Waals surface area contributed by atoms with Crippen LogP contribution < -0.4 is 0 Å². The van der Waals surface area contributed by atoms with E-state index in [1.807, 2.05) is 0 Å². The fourth-order valence-electron chi connectivity index (χ4n) is 2.35. The normalized spacial score (nSPS) is 25.1. The molecule has 2 rings (SSSR count). The van der Waals surface area contributed by atoms with Crippen molar-refractivity contribution in [2.45, 2.75) is 44.5 Å². The van der Waals surface area contributed by atoms with E-state index in [4.69, 9.17) is 4.43 Å². The lowest BCUT2D eigenvalue weighted by molar-refractivity contribution is 0.161. The summed E-state index contributed by atoms with van der Waals surface area (Å²) < 4.78 is 6.22. The molecule has 0 saturated carbocycles. The lowest BCUT2D eigenvalue weighted by atomic mass is 10.0. The quantitative estimate of drug-likeness (QED) is 0.692. The summed E-state index contributed by atoms with van der Waals surface area (Å²) in [6.07, 6.45) is 4.17. The van der Waals surface area contributed by atoms with Gasteiger partial charge in [-0.1, -0.05) is 36.8 Å². The minimum atomic E-state index is -1.31. The zero-order valence-electron chi connectivity index (χ0n) is 9.70. The molecule has 1 heterocycles. The molecule has 1 nitrogen and oxygen atoms in total. The molecule has 0 aliphatic carbocycles. The molecular formula is C13H20OSi. The molecule has 15 heavy (non-hydrogen) atoms. The molecule has 1 atom stereocenters. The van der Waals surface area contributed by atoms with Crippen molar-refractivity contribution in [3.8, 4) is 0 Å². The standard InChI is InChI=1S/C13H20OSi/c1-15(2)10-6-9-13(14-15)11-12-7-4-3-5-8-12/h3-5,7-8,13H,6,9-11H2,1-2H3. The molecule has 0 N–H and O–H groups in total. The van der Waals surface area contributed by atoms with Gasteiger partial charge in [-0.25, -0.2) is 0 Å². The van der Waals surface area contributed by atoms with Crippen LogP contribution in [0.2, 0.25) is 19.1 Å². The molecule has 1 aromatic rings. The summed E-state index contributed by atoms with van der Waals surface area (Å²) in [4.78, 5) is 0. The summed E-state index contributed by atoms with van der Waals surface area (Å²) in [5.74, 6) is 0. The Morgan fingerprint density at radius 3 is 2.67 bits per heavy atom. The first kappa shape index (κ1) is 10.9. The second-order valence-corrected chi connectivity index (χ2v) is 9.34. The van der Waals surface area contributed by atoms with Crippen molar-refractivity contribution in [1.29, 1.82) is 0 Å². The second kappa shape index (κ2) is 4.50. The molecule has 0 bridgehead atoms. The SMILES string of the molecule is C[Si]1(C)CCCC(Cc2ccccc2)O1. The summed E-state index contributed by atoms with van der Waals surface area (Å²) in [5, 5.41) is 0. The van der Waals surface area contributed by atoms with E-state index in [9.17, 15) is 0 Å². The third kappa shape index (κ3) is 3.18. The first-order valence-electron chi connectivity index (χ1n) is 5.87. The van der Waals surface area contributed by atoms with Crippen molar-refractivity contribution in [1.82, 2.24) is 0 Å². The van der Waals surface area contributed by atoms with Gasteiger partial charge in [0.15, 0.2) is 8.32 Å². The van der Waals surface area contributed by atoms with Crippen molar-refractivity contribution in [3.05, 3.63) is 35.9 Å². The lowest BCUT2D eigenvalue weighted by Gasteiger charge is -2.34. The van der Waals surface area contributed by atoms with Crippen LogP contribution in [-0.4, -0.2) is 14.4 Å². The molecule has 0 amide bonds. The van der Waals surface area contributed by atoms with Crippen LogP contribution in [0.4, 0.5) is 0 Å². The molecule has 82 valence electrons. The zero-order chi connectivity index (χ0) is 10.7. The Morgan fingerprint density at radius 2 is 2.00 bits per heavy atom. The molecule has 1 saturated heterocycles. The summed E-state index contributed by atoms with van der Waals surface area (Å²) in [5.41, 5.74) is 1.41. The van der Waals surface area contributed by atoms with Crippen LogP contribution in [-0.2, 0) is 10.8 Å². The largest absolute Gasteiger partial charge is 0.414 e. The van der Waals surface area contributed by atoms with Crippen molar-refractivity contribution >= 4 is 8.32 Å². The monoisotopic (exact) mass is 220 g/mol. The number of hydrogen-bond donors (Lipinski definition) is 0. The van der Waals surface area contributed by atoms with Crippen LogP contribution >= 0.6 is 0 Å². The van der Waals surface area contributed by atoms with E-state index in [0.717, 1.165) is 6.42 Å². The van der Waals surface area contributed by atoms with E-state index < -0.39 is 8.32 Å². The van der Waals surface area contributed by atoms with Crippen molar-refractivity contribution in [2.75, 3.05) is 0 Å². The Hall–Kier alpha value is -0.603. The maximum atomic E-state index is 6.22. The summed E-state index contributed by atoms with van der Waals surface area (Å²) in [6, 6.07) is 12.0. The van der Waals surface area contributed by atoms with E-state index in [0.29, 0.717) is 6.10 Å². The Bertz CT molecular complexity index is 308. The van der Waals surface area contributed by atoms with Gasteiger partial charge in [0.25, 0.3) is 0 Å². The average Bonchev–Trinajstić information content (AvgIpc) is 2.17. The lowest BCUT2D eigenvalue weighted by Crippen LogP contribution is -2.40. The Kier molecular flexibility index (Phi) is 3.27.